The number of aliphatic hydroxyl groups is 2. The molecule has 132 valence electrons. The summed E-state index contributed by atoms with van der Waals surface area (Å²) in [6.45, 7) is -0.578. The van der Waals surface area contributed by atoms with Crippen molar-refractivity contribution in [1.82, 2.24) is 9.55 Å². The molecule has 3 rings (SSSR count). The average molecular weight is 349 g/mol. The van der Waals surface area contributed by atoms with Gasteiger partial charge in [-0.3, -0.25) is 9.36 Å². The molecule has 0 bridgehead atoms. The van der Waals surface area contributed by atoms with Crippen LogP contribution in [0.2, 0.25) is 0 Å². The van der Waals surface area contributed by atoms with Gasteiger partial charge in [0.25, 0.3) is 5.91 Å². The van der Waals surface area contributed by atoms with Crippen LogP contribution in [0.3, 0.4) is 0 Å². The number of aromatic nitrogens is 2. The maximum Gasteiger partial charge on any atom is 0.351 e. The van der Waals surface area contributed by atoms with Crippen LogP contribution in [0.1, 0.15) is 16.6 Å². The molecule has 1 aromatic heterocycles. The fourth-order valence-electron chi connectivity index (χ4n) is 2.53. The first-order chi connectivity index (χ1) is 12.0. The summed E-state index contributed by atoms with van der Waals surface area (Å²) in [5.74, 6) is -0.440. The standard InChI is InChI=1S/C16H16FN3O5/c17-12-13(22)10(8-21)25-15(12)20-7-6-11(19-16(20)24)18-14(23)9-4-2-1-3-5-9/h1-7,10,12-13,15,21-22H,8H2,(H,18,19,23,24). The van der Waals surface area contributed by atoms with Crippen molar-refractivity contribution in [3.05, 3.63) is 58.6 Å². The SMILES string of the molecule is O=C(Nc1ccn(C2OC(CO)C(O)C2F)c(=O)n1)c1ccccc1. The summed E-state index contributed by atoms with van der Waals surface area (Å²) in [7, 11) is 0. The van der Waals surface area contributed by atoms with E-state index >= 15 is 0 Å². The number of amides is 1. The van der Waals surface area contributed by atoms with E-state index in [0.29, 0.717) is 5.56 Å². The van der Waals surface area contributed by atoms with E-state index in [1.807, 2.05) is 0 Å². The van der Waals surface area contributed by atoms with Gasteiger partial charge in [-0.25, -0.2) is 9.18 Å². The average Bonchev–Trinajstić information content (AvgIpc) is 2.91. The van der Waals surface area contributed by atoms with Gasteiger partial charge in [-0.1, -0.05) is 18.2 Å². The molecular weight excluding hydrogens is 333 g/mol. The fraction of sp³-hybridized carbons (Fsp3) is 0.312. The smallest absolute Gasteiger partial charge is 0.351 e. The second-order valence-electron chi connectivity index (χ2n) is 5.51. The molecule has 1 aromatic carbocycles. The summed E-state index contributed by atoms with van der Waals surface area (Å²) in [6.07, 6.45) is -4.74. The molecule has 0 aliphatic carbocycles. The number of aliphatic hydroxyl groups excluding tert-OH is 2. The van der Waals surface area contributed by atoms with Gasteiger partial charge in [-0.15, -0.1) is 0 Å². The number of nitrogens with one attached hydrogen (secondary N) is 1. The first kappa shape index (κ1) is 17.2. The minimum absolute atomic E-state index is 0.00256. The zero-order valence-corrected chi connectivity index (χ0v) is 12.9. The van der Waals surface area contributed by atoms with Crippen LogP contribution in [-0.4, -0.2) is 50.7 Å². The molecule has 1 aliphatic heterocycles. The molecule has 1 amide bonds. The Labute approximate surface area is 141 Å². The Morgan fingerprint density at radius 2 is 2.04 bits per heavy atom. The van der Waals surface area contributed by atoms with E-state index in [1.165, 1.54) is 12.3 Å². The molecule has 0 saturated carbocycles. The topological polar surface area (TPSA) is 114 Å². The van der Waals surface area contributed by atoms with E-state index in [-0.39, 0.29) is 5.82 Å². The fourth-order valence-corrected chi connectivity index (χ4v) is 2.53. The summed E-state index contributed by atoms with van der Waals surface area (Å²) in [6, 6.07) is 9.68. The third-order valence-corrected chi connectivity index (χ3v) is 3.86. The molecular formula is C16H16FN3O5. The summed E-state index contributed by atoms with van der Waals surface area (Å²) in [5.41, 5.74) is -0.463. The normalized spacial score (nSPS) is 25.7. The number of carbonyl (C=O) groups is 1. The number of halogens is 1. The number of hydrogen-bond donors (Lipinski definition) is 3. The molecule has 0 spiro atoms. The Kier molecular flexibility index (Phi) is 4.88. The molecule has 4 unspecified atom stereocenters. The van der Waals surface area contributed by atoms with Crippen LogP contribution in [0.4, 0.5) is 10.2 Å². The maximum atomic E-state index is 14.1. The molecule has 2 aromatic rings. The van der Waals surface area contributed by atoms with Crippen molar-refractivity contribution >= 4 is 11.7 Å². The van der Waals surface area contributed by atoms with Crippen LogP contribution in [-0.2, 0) is 4.74 Å². The Morgan fingerprint density at radius 1 is 1.32 bits per heavy atom. The minimum Gasteiger partial charge on any atom is -0.394 e. The van der Waals surface area contributed by atoms with E-state index in [0.717, 1.165) is 4.57 Å². The minimum atomic E-state index is -1.89. The van der Waals surface area contributed by atoms with E-state index in [1.54, 1.807) is 30.3 Å². The monoisotopic (exact) mass is 349 g/mol. The number of alkyl halides is 1. The molecule has 25 heavy (non-hydrogen) atoms. The first-order valence-electron chi connectivity index (χ1n) is 7.55. The molecule has 4 atom stereocenters. The number of benzene rings is 1. The predicted molar refractivity (Wildman–Crippen MR) is 84.8 cm³/mol. The molecule has 2 heterocycles. The van der Waals surface area contributed by atoms with Crippen LogP contribution in [0.15, 0.2) is 47.4 Å². The number of nitrogens with zero attached hydrogens (tertiary/aromatic N) is 2. The lowest BCUT2D eigenvalue weighted by Gasteiger charge is -2.16. The summed E-state index contributed by atoms with van der Waals surface area (Å²) < 4.78 is 20.1. The van der Waals surface area contributed by atoms with Gasteiger partial charge in [-0.2, -0.15) is 4.98 Å². The van der Waals surface area contributed by atoms with Crippen LogP contribution in [0, 0.1) is 0 Å². The van der Waals surface area contributed by atoms with Crippen LogP contribution >= 0.6 is 0 Å². The Hall–Kier alpha value is -2.62. The summed E-state index contributed by atoms with van der Waals surface area (Å²) in [4.78, 5) is 27.8. The van der Waals surface area contributed by atoms with E-state index in [2.05, 4.69) is 10.3 Å². The van der Waals surface area contributed by atoms with Crippen LogP contribution < -0.4 is 11.0 Å². The second-order valence-corrected chi connectivity index (χ2v) is 5.51. The van der Waals surface area contributed by atoms with Crippen molar-refractivity contribution in [2.45, 2.75) is 24.6 Å². The number of anilines is 1. The third-order valence-electron chi connectivity index (χ3n) is 3.86. The largest absolute Gasteiger partial charge is 0.394 e. The molecule has 8 nitrogen and oxygen atoms in total. The molecule has 1 fully saturated rings. The highest BCUT2D eigenvalue weighted by molar-refractivity contribution is 6.03. The van der Waals surface area contributed by atoms with Gasteiger partial charge in [0.2, 0.25) is 0 Å². The number of ether oxygens (including phenoxy) is 1. The lowest BCUT2D eigenvalue weighted by atomic mass is 10.1. The summed E-state index contributed by atoms with van der Waals surface area (Å²) >= 11 is 0. The van der Waals surface area contributed by atoms with Gasteiger partial charge in [0, 0.05) is 11.8 Å². The maximum absolute atomic E-state index is 14.1. The molecule has 3 N–H and O–H groups in total. The Bertz CT molecular complexity index is 813. The van der Waals surface area contributed by atoms with Gasteiger partial charge < -0.3 is 20.3 Å². The lowest BCUT2D eigenvalue weighted by Crippen LogP contribution is -2.33. The van der Waals surface area contributed by atoms with E-state index < -0.39 is 42.8 Å². The van der Waals surface area contributed by atoms with Crippen LogP contribution in [0.5, 0.6) is 0 Å². The highest BCUT2D eigenvalue weighted by Gasteiger charge is 2.45. The van der Waals surface area contributed by atoms with E-state index in [9.17, 15) is 19.1 Å². The number of hydrogen-bond acceptors (Lipinski definition) is 6. The van der Waals surface area contributed by atoms with Crippen molar-refractivity contribution in [3.8, 4) is 0 Å². The number of carbonyl (C=O) groups excluding carboxylic acids is 1. The highest BCUT2D eigenvalue weighted by atomic mass is 19.1. The Morgan fingerprint density at radius 3 is 2.64 bits per heavy atom. The molecule has 1 aliphatic rings. The zero-order chi connectivity index (χ0) is 18.0. The third kappa shape index (κ3) is 3.43. The van der Waals surface area contributed by atoms with Crippen molar-refractivity contribution in [2.24, 2.45) is 0 Å². The van der Waals surface area contributed by atoms with Gasteiger partial charge in [0.15, 0.2) is 12.4 Å². The van der Waals surface area contributed by atoms with Gasteiger partial charge in [-0.05, 0) is 18.2 Å². The Balaban J connectivity index is 1.78. The lowest BCUT2D eigenvalue weighted by molar-refractivity contribution is -0.0490. The van der Waals surface area contributed by atoms with Crippen molar-refractivity contribution in [1.29, 1.82) is 0 Å². The quantitative estimate of drug-likeness (QED) is 0.721. The van der Waals surface area contributed by atoms with Crippen molar-refractivity contribution in [3.63, 3.8) is 0 Å². The predicted octanol–water partition coefficient (Wildman–Crippen LogP) is 0.0843. The molecule has 1 saturated heterocycles. The zero-order valence-electron chi connectivity index (χ0n) is 12.9. The second kappa shape index (κ2) is 7.09. The molecule has 0 radical (unpaired) electrons. The molecule has 9 heteroatoms. The van der Waals surface area contributed by atoms with Gasteiger partial charge in [0.1, 0.15) is 18.0 Å². The van der Waals surface area contributed by atoms with Gasteiger partial charge >= 0.3 is 5.69 Å². The number of rotatable bonds is 4. The van der Waals surface area contributed by atoms with Crippen molar-refractivity contribution in [2.75, 3.05) is 11.9 Å². The highest BCUT2D eigenvalue weighted by Crippen LogP contribution is 2.30. The summed E-state index contributed by atoms with van der Waals surface area (Å²) in [5, 5.41) is 21.1. The van der Waals surface area contributed by atoms with Gasteiger partial charge in [0.05, 0.1) is 6.61 Å². The van der Waals surface area contributed by atoms with Crippen molar-refractivity contribution < 1.29 is 24.1 Å². The van der Waals surface area contributed by atoms with E-state index in [4.69, 9.17) is 9.84 Å². The first-order valence-corrected chi connectivity index (χ1v) is 7.55. The van der Waals surface area contributed by atoms with Crippen LogP contribution in [0.25, 0.3) is 0 Å².